The van der Waals surface area contributed by atoms with Crippen molar-refractivity contribution in [3.63, 3.8) is 0 Å². The van der Waals surface area contributed by atoms with Gasteiger partial charge in [0.15, 0.2) is 0 Å². The maximum atomic E-state index is 12.9. The van der Waals surface area contributed by atoms with Crippen LogP contribution < -0.4 is 0 Å². The molecule has 0 aliphatic carbocycles. The smallest absolute Gasteiger partial charge is 0.338 e. The molecule has 7 heteroatoms. The molecular formula is C18H14F3N3O. The molecular weight excluding hydrogens is 331 g/mol. The summed E-state index contributed by atoms with van der Waals surface area (Å²) in [6.45, 7) is 0.0392. The van der Waals surface area contributed by atoms with Gasteiger partial charge in [-0.15, -0.1) is 10.2 Å². The molecule has 0 unspecified atom stereocenters. The average Bonchev–Trinajstić information content (AvgIpc) is 3.36. The van der Waals surface area contributed by atoms with Gasteiger partial charge in [0, 0.05) is 18.7 Å². The first-order valence-electron chi connectivity index (χ1n) is 7.86. The molecule has 1 amide bonds. The summed E-state index contributed by atoms with van der Waals surface area (Å²) in [4.78, 5) is 13.8. The van der Waals surface area contributed by atoms with Crippen molar-refractivity contribution in [1.29, 1.82) is 0 Å². The second kappa shape index (κ2) is 5.40. The highest BCUT2D eigenvalue weighted by molar-refractivity contribution is 5.95. The summed E-state index contributed by atoms with van der Waals surface area (Å²) in [5, 5.41) is 6.40. The lowest BCUT2D eigenvalue weighted by Crippen LogP contribution is -2.59. The molecule has 2 aliphatic rings. The second-order valence-corrected chi connectivity index (χ2v) is 6.27. The minimum absolute atomic E-state index is 0.0196. The van der Waals surface area contributed by atoms with Crippen LogP contribution in [0.5, 0.6) is 0 Å². The molecule has 0 N–H and O–H groups in total. The van der Waals surface area contributed by atoms with E-state index in [0.717, 1.165) is 11.1 Å². The molecule has 0 spiro atoms. The fourth-order valence-electron chi connectivity index (χ4n) is 3.08. The number of hydrogen-bond acceptors (Lipinski definition) is 3. The summed E-state index contributed by atoms with van der Waals surface area (Å²) >= 11 is 0. The van der Waals surface area contributed by atoms with Gasteiger partial charge in [-0.05, 0) is 23.3 Å². The predicted octanol–water partition coefficient (Wildman–Crippen LogP) is 4.15. The summed E-state index contributed by atoms with van der Waals surface area (Å²) in [7, 11) is 0. The Morgan fingerprint density at radius 2 is 1.52 bits per heavy atom. The van der Waals surface area contributed by atoms with E-state index in [1.165, 1.54) is 4.90 Å². The molecule has 25 heavy (non-hydrogen) atoms. The molecule has 1 saturated heterocycles. The highest BCUT2D eigenvalue weighted by Crippen LogP contribution is 2.52. The van der Waals surface area contributed by atoms with Crippen molar-refractivity contribution in [2.45, 2.75) is 11.8 Å². The zero-order valence-corrected chi connectivity index (χ0v) is 13.1. The molecule has 0 bridgehead atoms. The molecule has 0 saturated carbocycles. The van der Waals surface area contributed by atoms with Crippen molar-refractivity contribution in [2.75, 3.05) is 13.1 Å². The molecule has 1 fully saturated rings. The number of rotatable bonds is 3. The Morgan fingerprint density at radius 1 is 0.960 bits per heavy atom. The molecule has 2 aliphatic heterocycles. The van der Waals surface area contributed by atoms with Crippen LogP contribution in [0.4, 0.5) is 13.2 Å². The Hall–Kier alpha value is -2.70. The largest absolute Gasteiger partial charge is 0.438 e. The van der Waals surface area contributed by atoms with E-state index in [4.69, 9.17) is 0 Å². The lowest BCUT2D eigenvalue weighted by Gasteiger charge is -2.41. The van der Waals surface area contributed by atoms with Crippen molar-refractivity contribution in [3.8, 4) is 11.1 Å². The number of amides is 1. The molecule has 2 aromatic carbocycles. The van der Waals surface area contributed by atoms with E-state index in [-0.39, 0.29) is 19.0 Å². The number of halogens is 3. The monoisotopic (exact) mass is 345 g/mol. The molecule has 0 radical (unpaired) electrons. The summed E-state index contributed by atoms with van der Waals surface area (Å²) in [6, 6.07) is 16.8. The highest BCUT2D eigenvalue weighted by atomic mass is 19.4. The van der Waals surface area contributed by atoms with Crippen LogP contribution in [-0.2, 0) is 0 Å². The Kier molecular flexibility index (Phi) is 3.42. The third-order valence-electron chi connectivity index (χ3n) is 4.71. The first-order chi connectivity index (χ1) is 11.9. The maximum Gasteiger partial charge on any atom is 0.438 e. The Labute approximate surface area is 142 Å². The quantitative estimate of drug-likeness (QED) is 0.824. The van der Waals surface area contributed by atoms with Gasteiger partial charge in [-0.3, -0.25) is 4.79 Å². The van der Waals surface area contributed by atoms with Gasteiger partial charge in [0.1, 0.15) is 0 Å². The van der Waals surface area contributed by atoms with Gasteiger partial charge in [0.25, 0.3) is 11.6 Å². The highest BCUT2D eigenvalue weighted by Gasteiger charge is 2.70. The molecule has 128 valence electrons. The minimum Gasteiger partial charge on any atom is -0.338 e. The predicted molar refractivity (Wildman–Crippen MR) is 84.9 cm³/mol. The number of benzene rings is 2. The number of carbonyl (C=O) groups is 1. The SMILES string of the molecule is O=C(c1ccc(-c2ccccc2)cc1)N1CC(C2(C(F)(F)F)N=N2)C1. The Balaban J connectivity index is 1.42. The number of hydrogen-bond donors (Lipinski definition) is 0. The zero-order valence-electron chi connectivity index (χ0n) is 13.1. The van der Waals surface area contributed by atoms with Crippen LogP contribution in [0.15, 0.2) is 64.8 Å². The summed E-state index contributed by atoms with van der Waals surface area (Å²) in [6.07, 6.45) is -4.48. The Morgan fingerprint density at radius 3 is 2.04 bits per heavy atom. The van der Waals surface area contributed by atoms with E-state index in [9.17, 15) is 18.0 Å². The average molecular weight is 345 g/mol. The van der Waals surface area contributed by atoms with E-state index >= 15 is 0 Å². The minimum atomic E-state index is -4.48. The molecule has 2 heterocycles. The number of alkyl halides is 3. The summed E-state index contributed by atoms with van der Waals surface area (Å²) in [5.74, 6) is -1.05. The summed E-state index contributed by atoms with van der Waals surface area (Å²) < 4.78 is 38.8. The van der Waals surface area contributed by atoms with Crippen LogP contribution in [0, 0.1) is 5.92 Å². The van der Waals surface area contributed by atoms with E-state index < -0.39 is 17.8 Å². The number of carbonyl (C=O) groups excluding carboxylic acids is 1. The lowest BCUT2D eigenvalue weighted by atomic mass is 9.87. The third kappa shape index (κ3) is 2.59. The van der Waals surface area contributed by atoms with Crippen molar-refractivity contribution in [2.24, 2.45) is 16.1 Å². The van der Waals surface area contributed by atoms with Gasteiger partial charge in [-0.25, -0.2) is 0 Å². The molecule has 2 aromatic rings. The van der Waals surface area contributed by atoms with Crippen LogP contribution in [-0.4, -0.2) is 35.7 Å². The maximum absolute atomic E-state index is 12.9. The van der Waals surface area contributed by atoms with Crippen molar-refractivity contribution in [1.82, 2.24) is 4.90 Å². The first-order valence-corrected chi connectivity index (χ1v) is 7.86. The zero-order chi connectivity index (χ0) is 17.7. The van der Waals surface area contributed by atoms with Crippen LogP contribution >= 0.6 is 0 Å². The van der Waals surface area contributed by atoms with E-state index in [1.807, 2.05) is 42.5 Å². The first kappa shape index (κ1) is 15.8. The van der Waals surface area contributed by atoms with Gasteiger partial charge in [0.05, 0.1) is 5.92 Å². The molecule has 0 aromatic heterocycles. The lowest BCUT2D eigenvalue weighted by molar-refractivity contribution is -0.186. The van der Waals surface area contributed by atoms with Gasteiger partial charge < -0.3 is 4.90 Å². The van der Waals surface area contributed by atoms with Crippen LogP contribution in [0.1, 0.15) is 10.4 Å². The van der Waals surface area contributed by atoms with Gasteiger partial charge in [-0.2, -0.15) is 13.2 Å². The molecule has 4 nitrogen and oxygen atoms in total. The van der Waals surface area contributed by atoms with Crippen molar-refractivity contribution in [3.05, 3.63) is 60.2 Å². The van der Waals surface area contributed by atoms with Gasteiger partial charge >= 0.3 is 6.18 Å². The number of likely N-dealkylation sites (tertiary alicyclic amines) is 1. The van der Waals surface area contributed by atoms with Crippen molar-refractivity contribution >= 4 is 5.91 Å². The standard InChI is InChI=1S/C18H14F3N3O/c19-18(20,21)17(22-23-17)15-10-24(11-15)16(25)14-8-6-13(7-9-14)12-4-2-1-3-5-12/h1-9,15H,10-11H2. The molecule has 4 rings (SSSR count). The second-order valence-electron chi connectivity index (χ2n) is 6.27. The Bertz CT molecular complexity index is 819. The van der Waals surface area contributed by atoms with Crippen LogP contribution in [0.25, 0.3) is 11.1 Å². The van der Waals surface area contributed by atoms with Crippen LogP contribution in [0.3, 0.4) is 0 Å². The van der Waals surface area contributed by atoms with Gasteiger partial charge in [-0.1, -0.05) is 42.5 Å². The van der Waals surface area contributed by atoms with Crippen molar-refractivity contribution < 1.29 is 18.0 Å². The van der Waals surface area contributed by atoms with Gasteiger partial charge in [0.2, 0.25) is 0 Å². The third-order valence-corrected chi connectivity index (χ3v) is 4.71. The van der Waals surface area contributed by atoms with E-state index in [1.54, 1.807) is 12.1 Å². The fourth-order valence-corrected chi connectivity index (χ4v) is 3.08. The topological polar surface area (TPSA) is 45.0 Å². The fraction of sp³-hybridized carbons (Fsp3) is 0.278. The van der Waals surface area contributed by atoms with E-state index in [0.29, 0.717) is 5.56 Å². The molecule has 0 atom stereocenters. The summed E-state index contributed by atoms with van der Waals surface area (Å²) in [5.41, 5.74) is 0.199. The normalized spacial score (nSPS) is 18.8. The van der Waals surface area contributed by atoms with E-state index in [2.05, 4.69) is 10.2 Å². The van der Waals surface area contributed by atoms with Crippen LogP contribution in [0.2, 0.25) is 0 Å². The number of nitrogens with zero attached hydrogens (tertiary/aromatic N) is 3.